The molecule has 0 amide bonds. The van der Waals surface area contributed by atoms with Crippen molar-refractivity contribution in [3.05, 3.63) is 35.4 Å². The number of hydrogen-bond donors (Lipinski definition) is 1. The van der Waals surface area contributed by atoms with Crippen molar-refractivity contribution in [2.45, 2.75) is 38.8 Å². The van der Waals surface area contributed by atoms with Gasteiger partial charge in [-0.25, -0.2) is 4.79 Å². The summed E-state index contributed by atoms with van der Waals surface area (Å²) in [4.78, 5) is 11.8. The molecule has 17 heavy (non-hydrogen) atoms. The Morgan fingerprint density at radius 1 is 1.35 bits per heavy atom. The van der Waals surface area contributed by atoms with E-state index in [0.29, 0.717) is 24.3 Å². The SMILES string of the molecule is CCCC1NC1c1ccccc1C(=O)OCC. The summed E-state index contributed by atoms with van der Waals surface area (Å²) < 4.78 is 5.08. The molecule has 3 heteroatoms. The monoisotopic (exact) mass is 233 g/mol. The van der Waals surface area contributed by atoms with E-state index in [-0.39, 0.29) is 5.97 Å². The van der Waals surface area contributed by atoms with Crippen molar-refractivity contribution in [3.63, 3.8) is 0 Å². The second kappa shape index (κ2) is 5.32. The molecule has 0 aromatic heterocycles. The van der Waals surface area contributed by atoms with Gasteiger partial charge >= 0.3 is 5.97 Å². The Bertz CT molecular complexity index is 403. The molecule has 1 aromatic rings. The average Bonchev–Trinajstić information content (AvgIpc) is 3.09. The van der Waals surface area contributed by atoms with Crippen molar-refractivity contribution >= 4 is 5.97 Å². The lowest BCUT2D eigenvalue weighted by Crippen LogP contribution is -2.08. The molecular weight excluding hydrogens is 214 g/mol. The van der Waals surface area contributed by atoms with Gasteiger partial charge < -0.3 is 10.1 Å². The van der Waals surface area contributed by atoms with Crippen LogP contribution in [-0.4, -0.2) is 18.6 Å². The van der Waals surface area contributed by atoms with Gasteiger partial charge in [0.05, 0.1) is 12.2 Å². The topological polar surface area (TPSA) is 48.2 Å². The van der Waals surface area contributed by atoms with E-state index in [2.05, 4.69) is 12.2 Å². The van der Waals surface area contributed by atoms with E-state index < -0.39 is 0 Å². The van der Waals surface area contributed by atoms with Crippen LogP contribution in [0.2, 0.25) is 0 Å². The van der Waals surface area contributed by atoms with Crippen molar-refractivity contribution in [2.24, 2.45) is 0 Å². The number of carbonyl (C=O) groups excluding carboxylic acids is 1. The highest BCUT2D eigenvalue weighted by Gasteiger charge is 2.38. The summed E-state index contributed by atoms with van der Waals surface area (Å²) >= 11 is 0. The first-order chi connectivity index (χ1) is 8.27. The van der Waals surface area contributed by atoms with Crippen LogP contribution >= 0.6 is 0 Å². The largest absolute Gasteiger partial charge is 0.462 e. The van der Waals surface area contributed by atoms with E-state index in [4.69, 9.17) is 4.74 Å². The number of rotatable bonds is 5. The van der Waals surface area contributed by atoms with E-state index >= 15 is 0 Å². The molecule has 1 saturated heterocycles. The molecular formula is C14H19NO2. The van der Waals surface area contributed by atoms with Gasteiger partial charge in [0.2, 0.25) is 0 Å². The van der Waals surface area contributed by atoms with Crippen molar-refractivity contribution in [1.82, 2.24) is 5.32 Å². The Hall–Kier alpha value is -1.35. The smallest absolute Gasteiger partial charge is 0.338 e. The van der Waals surface area contributed by atoms with Crippen LogP contribution in [0.15, 0.2) is 24.3 Å². The van der Waals surface area contributed by atoms with Gasteiger partial charge in [0, 0.05) is 12.1 Å². The third kappa shape index (κ3) is 2.67. The summed E-state index contributed by atoms with van der Waals surface area (Å²) in [6, 6.07) is 8.57. The summed E-state index contributed by atoms with van der Waals surface area (Å²) in [5.74, 6) is -0.216. The average molecular weight is 233 g/mol. The summed E-state index contributed by atoms with van der Waals surface area (Å²) in [5.41, 5.74) is 1.77. The predicted octanol–water partition coefficient (Wildman–Crippen LogP) is 2.68. The highest BCUT2D eigenvalue weighted by molar-refractivity contribution is 5.91. The van der Waals surface area contributed by atoms with Gasteiger partial charge in [0.1, 0.15) is 0 Å². The van der Waals surface area contributed by atoms with E-state index in [1.807, 2.05) is 31.2 Å². The van der Waals surface area contributed by atoms with Crippen LogP contribution in [0.1, 0.15) is 48.7 Å². The van der Waals surface area contributed by atoms with E-state index in [1.165, 1.54) is 0 Å². The normalized spacial score (nSPS) is 22.2. The third-order valence-electron chi connectivity index (χ3n) is 3.08. The van der Waals surface area contributed by atoms with Gasteiger partial charge in [-0.05, 0) is 25.0 Å². The van der Waals surface area contributed by atoms with Gasteiger partial charge in [-0.15, -0.1) is 0 Å². The minimum atomic E-state index is -0.216. The quantitative estimate of drug-likeness (QED) is 0.628. The molecule has 1 aromatic carbocycles. The van der Waals surface area contributed by atoms with Gasteiger partial charge in [-0.1, -0.05) is 31.5 Å². The number of hydrogen-bond acceptors (Lipinski definition) is 3. The van der Waals surface area contributed by atoms with Crippen molar-refractivity contribution in [2.75, 3.05) is 6.61 Å². The van der Waals surface area contributed by atoms with E-state index in [1.54, 1.807) is 0 Å². The lowest BCUT2D eigenvalue weighted by Gasteiger charge is -2.07. The molecule has 0 radical (unpaired) electrons. The van der Waals surface area contributed by atoms with Gasteiger partial charge in [-0.3, -0.25) is 0 Å². The second-order valence-electron chi connectivity index (χ2n) is 4.35. The third-order valence-corrected chi connectivity index (χ3v) is 3.08. The summed E-state index contributed by atoms with van der Waals surface area (Å²) in [6.07, 6.45) is 2.32. The molecule has 0 bridgehead atoms. The Kier molecular flexibility index (Phi) is 3.79. The zero-order valence-electron chi connectivity index (χ0n) is 10.4. The van der Waals surface area contributed by atoms with E-state index in [9.17, 15) is 4.79 Å². The van der Waals surface area contributed by atoms with Crippen LogP contribution in [0.25, 0.3) is 0 Å². The fourth-order valence-electron chi connectivity index (χ4n) is 2.21. The predicted molar refractivity (Wildman–Crippen MR) is 67.0 cm³/mol. The molecule has 0 saturated carbocycles. The summed E-state index contributed by atoms with van der Waals surface area (Å²) in [7, 11) is 0. The number of ether oxygens (including phenoxy) is 1. The zero-order valence-corrected chi connectivity index (χ0v) is 10.4. The number of carbonyl (C=O) groups is 1. The first-order valence-corrected chi connectivity index (χ1v) is 6.30. The zero-order chi connectivity index (χ0) is 12.3. The van der Waals surface area contributed by atoms with Gasteiger partial charge in [0.25, 0.3) is 0 Å². The van der Waals surface area contributed by atoms with E-state index in [0.717, 1.165) is 18.4 Å². The minimum absolute atomic E-state index is 0.216. The molecule has 1 N–H and O–H groups in total. The number of benzene rings is 1. The lowest BCUT2D eigenvalue weighted by atomic mass is 10.0. The number of nitrogens with one attached hydrogen (secondary N) is 1. The maximum absolute atomic E-state index is 11.8. The molecule has 1 fully saturated rings. The Morgan fingerprint density at radius 3 is 2.82 bits per heavy atom. The number of esters is 1. The molecule has 2 rings (SSSR count). The van der Waals surface area contributed by atoms with Crippen molar-refractivity contribution in [1.29, 1.82) is 0 Å². The summed E-state index contributed by atoms with van der Waals surface area (Å²) in [5, 5.41) is 3.42. The molecule has 1 aliphatic heterocycles. The van der Waals surface area contributed by atoms with Crippen LogP contribution < -0.4 is 5.32 Å². The Labute approximate surface area is 102 Å². The summed E-state index contributed by atoms with van der Waals surface area (Å²) in [6.45, 7) is 4.42. The highest BCUT2D eigenvalue weighted by atomic mass is 16.5. The maximum Gasteiger partial charge on any atom is 0.338 e. The van der Waals surface area contributed by atoms with Crippen LogP contribution in [0.5, 0.6) is 0 Å². The first-order valence-electron chi connectivity index (χ1n) is 6.30. The Balaban J connectivity index is 2.15. The van der Waals surface area contributed by atoms with Crippen LogP contribution in [0, 0.1) is 0 Å². The fraction of sp³-hybridized carbons (Fsp3) is 0.500. The van der Waals surface area contributed by atoms with Crippen LogP contribution in [0.3, 0.4) is 0 Å². The maximum atomic E-state index is 11.8. The minimum Gasteiger partial charge on any atom is -0.462 e. The molecule has 0 spiro atoms. The molecule has 2 unspecified atom stereocenters. The molecule has 0 aliphatic carbocycles. The molecule has 1 aliphatic rings. The van der Waals surface area contributed by atoms with Crippen LogP contribution in [-0.2, 0) is 4.74 Å². The second-order valence-corrected chi connectivity index (χ2v) is 4.35. The van der Waals surface area contributed by atoms with Crippen LogP contribution in [0.4, 0.5) is 0 Å². The molecule has 92 valence electrons. The molecule has 2 atom stereocenters. The standard InChI is InChI=1S/C14H19NO2/c1-3-7-12-13(15-12)10-8-5-6-9-11(10)14(16)17-4-2/h5-6,8-9,12-13,15H,3-4,7H2,1-2H3. The Morgan fingerprint density at radius 2 is 2.12 bits per heavy atom. The van der Waals surface area contributed by atoms with Crippen molar-refractivity contribution in [3.8, 4) is 0 Å². The highest BCUT2D eigenvalue weighted by Crippen LogP contribution is 2.34. The fourth-order valence-corrected chi connectivity index (χ4v) is 2.21. The molecule has 3 nitrogen and oxygen atoms in total. The van der Waals surface area contributed by atoms with Gasteiger partial charge in [0.15, 0.2) is 0 Å². The lowest BCUT2D eigenvalue weighted by molar-refractivity contribution is 0.0525. The molecule has 1 heterocycles. The first kappa shape index (κ1) is 12.1. The van der Waals surface area contributed by atoms with Crippen molar-refractivity contribution < 1.29 is 9.53 Å². The van der Waals surface area contributed by atoms with Gasteiger partial charge in [-0.2, -0.15) is 0 Å².